The molecule has 2 atom stereocenters. The van der Waals surface area contributed by atoms with Crippen LogP contribution >= 0.6 is 11.6 Å². The van der Waals surface area contributed by atoms with Crippen LogP contribution in [0.1, 0.15) is 50.4 Å². The lowest BCUT2D eigenvalue weighted by molar-refractivity contribution is 0.359. The molecule has 0 aliphatic rings. The summed E-state index contributed by atoms with van der Waals surface area (Å²) in [5.74, 6) is 0. The van der Waals surface area contributed by atoms with Gasteiger partial charge in [-0.15, -0.1) is 0 Å². The van der Waals surface area contributed by atoms with Gasteiger partial charge in [-0.3, -0.25) is 9.59 Å². The zero-order valence-electron chi connectivity index (χ0n) is 14.1. The summed E-state index contributed by atoms with van der Waals surface area (Å²) in [5.41, 5.74) is 6.36. The first-order valence-electron chi connectivity index (χ1n) is 7.62. The molecule has 2 aromatic rings. The van der Waals surface area contributed by atoms with Gasteiger partial charge in [0.1, 0.15) is 0 Å². The predicted octanol–water partition coefficient (Wildman–Crippen LogP) is 2.70. The summed E-state index contributed by atoms with van der Waals surface area (Å²) in [4.78, 5) is 24.0. The van der Waals surface area contributed by atoms with Gasteiger partial charge >= 0.3 is 0 Å². The summed E-state index contributed by atoms with van der Waals surface area (Å²) in [6.45, 7) is 8.05. The molecule has 0 aliphatic heterocycles. The highest BCUT2D eigenvalue weighted by Gasteiger charge is 2.30. The Bertz CT molecular complexity index is 883. The Balaban J connectivity index is 2.40. The monoisotopic (exact) mass is 345 g/mol. The second kappa shape index (κ2) is 6.39. The van der Waals surface area contributed by atoms with Gasteiger partial charge < -0.3 is 11.1 Å². The van der Waals surface area contributed by atoms with Crippen molar-refractivity contribution in [2.45, 2.75) is 39.8 Å². The third-order valence-corrected chi connectivity index (χ3v) is 4.71. The fourth-order valence-electron chi connectivity index (χ4n) is 2.29. The largest absolute Gasteiger partial charge is 0.378 e. The van der Waals surface area contributed by atoms with Crippen LogP contribution in [0.5, 0.6) is 0 Å². The molecule has 0 saturated heterocycles. The molecule has 3 N–H and O–H groups in total. The Morgan fingerprint density at radius 1 is 1.25 bits per heavy atom. The maximum absolute atomic E-state index is 12.0. The standard InChI is InChI=1S/C18H20ClN3O2/c1-9(18(2,3)4)22-15-13(16(23)17(15)24)14(21)11-6-5-10(8-20)7-12(11)19/h5-7,9,14,22H,21H2,1-4H3. The van der Waals surface area contributed by atoms with E-state index in [0.717, 1.165) is 0 Å². The van der Waals surface area contributed by atoms with Crippen LogP contribution in [0.3, 0.4) is 0 Å². The molecule has 6 heteroatoms. The lowest BCUT2D eigenvalue weighted by Crippen LogP contribution is -2.45. The lowest BCUT2D eigenvalue weighted by atomic mass is 9.86. The fraction of sp³-hybridized carbons (Fsp3) is 0.389. The van der Waals surface area contributed by atoms with Crippen molar-refractivity contribution in [1.82, 2.24) is 0 Å². The summed E-state index contributed by atoms with van der Waals surface area (Å²) in [7, 11) is 0. The van der Waals surface area contributed by atoms with Crippen molar-refractivity contribution >= 4 is 17.3 Å². The van der Waals surface area contributed by atoms with Crippen molar-refractivity contribution in [3.8, 4) is 6.07 Å². The van der Waals surface area contributed by atoms with E-state index >= 15 is 0 Å². The summed E-state index contributed by atoms with van der Waals surface area (Å²) in [5, 5.41) is 12.3. The summed E-state index contributed by atoms with van der Waals surface area (Å²) >= 11 is 6.17. The number of hydrogen-bond donors (Lipinski definition) is 2. The minimum atomic E-state index is -0.815. The van der Waals surface area contributed by atoms with Crippen molar-refractivity contribution in [2.24, 2.45) is 11.1 Å². The third kappa shape index (κ3) is 3.21. The van der Waals surface area contributed by atoms with Crippen LogP contribution < -0.4 is 21.9 Å². The van der Waals surface area contributed by atoms with Crippen molar-refractivity contribution in [3.05, 3.63) is 60.4 Å². The molecule has 0 heterocycles. The summed E-state index contributed by atoms with van der Waals surface area (Å²) in [6.07, 6.45) is 0. The van der Waals surface area contributed by atoms with Gasteiger partial charge in [-0.1, -0.05) is 38.4 Å². The number of benzene rings is 1. The van der Waals surface area contributed by atoms with Crippen molar-refractivity contribution < 1.29 is 0 Å². The van der Waals surface area contributed by atoms with Gasteiger partial charge in [-0.25, -0.2) is 0 Å². The maximum atomic E-state index is 12.0. The van der Waals surface area contributed by atoms with Crippen LogP contribution in [0.25, 0.3) is 0 Å². The second-order valence-corrected chi connectivity index (χ2v) is 7.41. The van der Waals surface area contributed by atoms with Gasteiger partial charge in [0, 0.05) is 11.1 Å². The molecule has 0 spiro atoms. The van der Waals surface area contributed by atoms with Crippen molar-refractivity contribution in [1.29, 1.82) is 5.26 Å². The topological polar surface area (TPSA) is 96.0 Å². The number of halogens is 1. The molecule has 24 heavy (non-hydrogen) atoms. The van der Waals surface area contributed by atoms with Gasteiger partial charge in [0.15, 0.2) is 0 Å². The molecule has 5 nitrogen and oxygen atoms in total. The zero-order chi connectivity index (χ0) is 18.2. The Morgan fingerprint density at radius 3 is 2.38 bits per heavy atom. The average molecular weight is 346 g/mol. The highest BCUT2D eigenvalue weighted by molar-refractivity contribution is 6.31. The average Bonchev–Trinajstić information content (AvgIpc) is 2.52. The minimum absolute atomic E-state index is 0.0248. The minimum Gasteiger partial charge on any atom is -0.378 e. The molecule has 2 aromatic carbocycles. The van der Waals surface area contributed by atoms with Crippen LogP contribution in [-0.4, -0.2) is 6.04 Å². The van der Waals surface area contributed by atoms with Gasteiger partial charge in [0.05, 0.1) is 28.9 Å². The van der Waals surface area contributed by atoms with E-state index in [1.807, 2.05) is 33.8 Å². The maximum Gasteiger partial charge on any atom is 0.249 e. The Hall–Kier alpha value is -2.16. The number of rotatable bonds is 4. The van der Waals surface area contributed by atoms with E-state index < -0.39 is 16.9 Å². The van der Waals surface area contributed by atoms with Crippen LogP contribution in [-0.2, 0) is 0 Å². The van der Waals surface area contributed by atoms with E-state index in [4.69, 9.17) is 22.6 Å². The molecule has 0 radical (unpaired) electrons. The van der Waals surface area contributed by atoms with Crippen LogP contribution in [0.15, 0.2) is 27.8 Å². The Morgan fingerprint density at radius 2 is 1.88 bits per heavy atom. The molecule has 0 amide bonds. The fourth-order valence-corrected chi connectivity index (χ4v) is 2.58. The first kappa shape index (κ1) is 18.2. The quantitative estimate of drug-likeness (QED) is 0.830. The van der Waals surface area contributed by atoms with Crippen molar-refractivity contribution in [3.63, 3.8) is 0 Å². The molecule has 2 rings (SSSR count). The van der Waals surface area contributed by atoms with Crippen LogP contribution in [0.4, 0.5) is 5.69 Å². The number of nitrogens with one attached hydrogen (secondary N) is 1. The molecular weight excluding hydrogens is 326 g/mol. The smallest absolute Gasteiger partial charge is 0.249 e. The van der Waals surface area contributed by atoms with E-state index in [2.05, 4.69) is 5.32 Å². The second-order valence-electron chi connectivity index (χ2n) is 7.00. The molecular formula is C18H20ClN3O2. The molecule has 0 fully saturated rings. The summed E-state index contributed by atoms with van der Waals surface area (Å²) in [6, 6.07) is 5.83. The van der Waals surface area contributed by atoms with E-state index in [1.54, 1.807) is 12.1 Å². The highest BCUT2D eigenvalue weighted by atomic mass is 35.5. The number of hydrogen-bond acceptors (Lipinski definition) is 5. The highest BCUT2D eigenvalue weighted by Crippen LogP contribution is 2.30. The van der Waals surface area contributed by atoms with Gasteiger partial charge in [-0.2, -0.15) is 5.26 Å². The van der Waals surface area contributed by atoms with E-state index in [1.165, 1.54) is 6.07 Å². The molecule has 0 aromatic heterocycles. The first-order chi connectivity index (χ1) is 11.1. The number of anilines is 1. The first-order valence-corrected chi connectivity index (χ1v) is 8.00. The predicted molar refractivity (Wildman–Crippen MR) is 96.1 cm³/mol. The molecule has 2 unspecified atom stereocenters. The van der Waals surface area contributed by atoms with E-state index in [-0.39, 0.29) is 22.7 Å². The lowest BCUT2D eigenvalue weighted by Gasteiger charge is -2.31. The molecule has 126 valence electrons. The van der Waals surface area contributed by atoms with Crippen LogP contribution in [0.2, 0.25) is 5.02 Å². The number of nitrogens with zero attached hydrogens (tertiary/aromatic N) is 1. The molecule has 0 bridgehead atoms. The normalized spacial score (nSPS) is 14.2. The van der Waals surface area contributed by atoms with Gasteiger partial charge in [-0.05, 0) is 30.0 Å². The van der Waals surface area contributed by atoms with E-state index in [0.29, 0.717) is 16.1 Å². The Kier molecular flexibility index (Phi) is 4.84. The zero-order valence-corrected chi connectivity index (χ0v) is 14.9. The molecule has 0 saturated carbocycles. The Labute approximate surface area is 145 Å². The number of nitriles is 1. The molecule has 0 aliphatic carbocycles. The van der Waals surface area contributed by atoms with Gasteiger partial charge in [0.25, 0.3) is 0 Å². The number of nitrogens with two attached hydrogens (primary N) is 1. The van der Waals surface area contributed by atoms with Crippen LogP contribution in [0, 0.1) is 16.7 Å². The van der Waals surface area contributed by atoms with Crippen molar-refractivity contribution in [2.75, 3.05) is 5.32 Å². The summed E-state index contributed by atoms with van der Waals surface area (Å²) < 4.78 is 0. The van der Waals surface area contributed by atoms with Gasteiger partial charge in [0.2, 0.25) is 10.9 Å². The third-order valence-electron chi connectivity index (χ3n) is 4.38. The van der Waals surface area contributed by atoms with E-state index in [9.17, 15) is 9.59 Å². The SMILES string of the molecule is CC(Nc1c(C(N)c2ccc(C#N)cc2Cl)c(=O)c1=O)C(C)(C)C.